The van der Waals surface area contributed by atoms with Crippen molar-refractivity contribution < 1.29 is 42.2 Å². The van der Waals surface area contributed by atoms with E-state index >= 15 is 0 Å². The Morgan fingerprint density at radius 1 is 1.27 bits per heavy atom. The number of nitrogens with one attached hydrogen (secondary N) is 1. The van der Waals surface area contributed by atoms with Gasteiger partial charge in [0, 0.05) is 29.8 Å². The fourth-order valence-electron chi connectivity index (χ4n) is 5.17. The highest BCUT2D eigenvalue weighted by Crippen LogP contribution is 2.43. The molecule has 45 heavy (non-hydrogen) atoms. The van der Waals surface area contributed by atoms with Crippen molar-refractivity contribution in [3.05, 3.63) is 86.5 Å². The van der Waals surface area contributed by atoms with E-state index < -0.39 is 42.3 Å². The molecular formula is C30H33F3N6O6. The molecule has 0 amide bonds. The van der Waals surface area contributed by atoms with Crippen LogP contribution in [0.3, 0.4) is 0 Å². The molecule has 2 aromatic carbocycles. The molecule has 1 aliphatic heterocycles. The van der Waals surface area contributed by atoms with Crippen LogP contribution in [0.2, 0.25) is 0 Å². The minimum atomic E-state index is -3.75. The lowest BCUT2D eigenvalue weighted by Gasteiger charge is -2.36. The van der Waals surface area contributed by atoms with Crippen LogP contribution in [0.1, 0.15) is 35.2 Å². The number of aromatic amines is 1. The summed E-state index contributed by atoms with van der Waals surface area (Å²) >= 11 is 0. The number of quaternary nitrogens is 1. The Hall–Kier alpha value is -4.94. The first-order valence-electron chi connectivity index (χ1n) is 13.6. The molecule has 0 spiro atoms. The van der Waals surface area contributed by atoms with Crippen LogP contribution >= 0.6 is 0 Å². The lowest BCUT2D eigenvalue weighted by Crippen LogP contribution is -2.43. The number of likely N-dealkylation sites (N-methyl/N-ethyl adjacent to an activating group) is 1. The van der Waals surface area contributed by atoms with Gasteiger partial charge in [0.15, 0.2) is 6.67 Å². The van der Waals surface area contributed by atoms with E-state index in [1.807, 2.05) is 14.1 Å². The number of aliphatic hydroxyl groups is 1. The number of allylic oxidation sites excluding steroid dienone is 1. The van der Waals surface area contributed by atoms with E-state index in [4.69, 9.17) is 14.6 Å². The number of carbonyl (C=O) groups is 2. The number of ether oxygens (including phenoxy) is 1. The molecule has 1 aromatic heterocycles. The summed E-state index contributed by atoms with van der Waals surface area (Å²) in [6.07, 6.45) is 0.438. The first-order chi connectivity index (χ1) is 21.3. The van der Waals surface area contributed by atoms with Gasteiger partial charge in [0.25, 0.3) is 0 Å². The minimum absolute atomic E-state index is 0.0163. The zero-order chi connectivity index (χ0) is 33.5. The average Bonchev–Trinajstić information content (AvgIpc) is 3.39. The second-order valence-corrected chi connectivity index (χ2v) is 10.8. The number of esters is 1. The van der Waals surface area contributed by atoms with E-state index in [1.54, 1.807) is 25.1 Å². The smallest absolute Gasteiger partial charge is 0.345 e. The molecule has 2 N–H and O–H groups in total. The molecule has 0 saturated heterocycles. The Morgan fingerprint density at radius 3 is 2.56 bits per heavy atom. The summed E-state index contributed by atoms with van der Waals surface area (Å²) < 4.78 is 48.6. The molecule has 240 valence electrons. The Bertz CT molecular complexity index is 1680. The van der Waals surface area contributed by atoms with Gasteiger partial charge in [-0.25, -0.2) is 23.6 Å². The predicted octanol–water partition coefficient (Wildman–Crippen LogP) is 1.67. The highest BCUT2D eigenvalue weighted by atomic mass is 19.3. The molecule has 1 atom stereocenters. The summed E-state index contributed by atoms with van der Waals surface area (Å²) in [5, 5.41) is 33.9. The van der Waals surface area contributed by atoms with Crippen LogP contribution in [0, 0.1) is 11.3 Å². The summed E-state index contributed by atoms with van der Waals surface area (Å²) in [7, 11) is 5.09. The standard InChI is InChI=1S/C29H31F3N6O4.CH2O2/c1-18-24(26(40)42-4)25(23-9-8-19(16-33)14-20(23)10-11-38(2,3)12-13-39)37-27(34-35-28(37)41)36(18)22-7-5-6-21(15-22)29(31,32)17-30;2-1-3/h5-9,14-15,25,39H,10-13,17H2,1-4H3;1H,(H,2,3)/t25-;/m1./s1. The molecule has 1 aliphatic rings. The zero-order valence-corrected chi connectivity index (χ0v) is 25.1. The second-order valence-electron chi connectivity index (χ2n) is 10.8. The lowest BCUT2D eigenvalue weighted by molar-refractivity contribution is -0.890. The van der Waals surface area contributed by atoms with Gasteiger partial charge in [-0.3, -0.25) is 4.90 Å². The van der Waals surface area contributed by atoms with Crippen molar-refractivity contribution in [3.63, 3.8) is 0 Å². The van der Waals surface area contributed by atoms with E-state index in [-0.39, 0.29) is 29.5 Å². The lowest BCUT2D eigenvalue weighted by atomic mass is 9.89. The van der Waals surface area contributed by atoms with Crippen LogP contribution in [0.4, 0.5) is 24.8 Å². The SMILES string of the molecule is COC(=O)C1=C(C)N(c2cccc(C(F)(F)CF)c2)c2n[nH]c(=O)n2[C@@H]1c1ccc(C#N)cc1CC[N+](C)(C)CCO.O=C[O-]. The molecule has 0 fully saturated rings. The number of alkyl halides is 3. The minimum Gasteiger partial charge on any atom is -0.554 e. The zero-order valence-electron chi connectivity index (χ0n) is 25.1. The number of hydrogen-bond donors (Lipinski definition) is 2. The van der Waals surface area contributed by atoms with Gasteiger partial charge in [-0.05, 0) is 42.3 Å². The van der Waals surface area contributed by atoms with Crippen molar-refractivity contribution in [2.75, 3.05) is 52.5 Å². The molecule has 3 aromatic rings. The van der Waals surface area contributed by atoms with Crippen LogP contribution in [0.5, 0.6) is 0 Å². The fraction of sp³-hybridized carbons (Fsp3) is 0.367. The molecule has 2 heterocycles. The fourth-order valence-corrected chi connectivity index (χ4v) is 5.17. The van der Waals surface area contributed by atoms with Gasteiger partial charge >= 0.3 is 17.6 Å². The molecule has 0 radical (unpaired) electrons. The van der Waals surface area contributed by atoms with Gasteiger partial charge in [0.05, 0.1) is 51.6 Å². The average molecular weight is 631 g/mol. The van der Waals surface area contributed by atoms with Crippen molar-refractivity contribution in [2.24, 2.45) is 0 Å². The summed E-state index contributed by atoms with van der Waals surface area (Å²) in [6.45, 7) is 0.219. The van der Waals surface area contributed by atoms with E-state index in [0.717, 1.165) is 12.1 Å². The number of H-pyrrole nitrogens is 1. The quantitative estimate of drug-likeness (QED) is 0.193. The van der Waals surface area contributed by atoms with Crippen molar-refractivity contribution in [1.29, 1.82) is 5.26 Å². The highest BCUT2D eigenvalue weighted by Gasteiger charge is 2.41. The number of aromatic nitrogens is 3. The third-order valence-corrected chi connectivity index (χ3v) is 7.50. The predicted molar refractivity (Wildman–Crippen MR) is 154 cm³/mol. The molecule has 0 bridgehead atoms. The number of carboxylic acid groups (broad SMARTS) is 1. The normalized spacial score (nSPS) is 14.6. The number of aliphatic hydroxyl groups excluding tert-OH is 1. The van der Waals surface area contributed by atoms with Gasteiger partial charge < -0.3 is 24.2 Å². The number of nitrogens with zero attached hydrogens (tertiary/aromatic N) is 5. The van der Waals surface area contributed by atoms with Gasteiger partial charge in [0.1, 0.15) is 12.6 Å². The molecule has 12 nitrogen and oxygen atoms in total. The summed E-state index contributed by atoms with van der Waals surface area (Å²) in [5.41, 5.74) is 0.780. The Labute approximate surface area is 256 Å². The molecule has 0 unspecified atom stereocenters. The summed E-state index contributed by atoms with van der Waals surface area (Å²) in [6, 6.07) is 11.0. The summed E-state index contributed by atoms with van der Waals surface area (Å²) in [5.74, 6) is -4.50. The Morgan fingerprint density at radius 2 is 1.96 bits per heavy atom. The topological polar surface area (TPSA) is 164 Å². The first-order valence-corrected chi connectivity index (χ1v) is 13.6. The van der Waals surface area contributed by atoms with Gasteiger partial charge in [0.2, 0.25) is 5.95 Å². The number of hydrogen-bond acceptors (Lipinski definition) is 9. The van der Waals surface area contributed by atoms with E-state index in [9.17, 15) is 33.1 Å². The van der Waals surface area contributed by atoms with E-state index in [2.05, 4.69) is 16.3 Å². The third kappa shape index (κ3) is 7.24. The monoisotopic (exact) mass is 630 g/mol. The molecule has 0 aliphatic carbocycles. The number of halogens is 3. The van der Waals surface area contributed by atoms with Crippen molar-refractivity contribution in [3.8, 4) is 6.07 Å². The third-order valence-electron chi connectivity index (χ3n) is 7.50. The second kappa shape index (κ2) is 14.2. The van der Waals surface area contributed by atoms with Crippen molar-refractivity contribution in [1.82, 2.24) is 14.8 Å². The Kier molecular flexibility index (Phi) is 10.9. The number of carbonyl (C=O) groups excluding carboxylic acids is 2. The molecule has 15 heteroatoms. The number of nitriles is 1. The molecular weight excluding hydrogens is 597 g/mol. The van der Waals surface area contributed by atoms with Crippen LogP contribution in [-0.4, -0.2) is 84.4 Å². The van der Waals surface area contributed by atoms with Crippen LogP contribution < -0.4 is 15.7 Å². The van der Waals surface area contributed by atoms with E-state index in [1.165, 1.54) is 28.7 Å². The van der Waals surface area contributed by atoms with Gasteiger partial charge in [-0.15, -0.1) is 5.10 Å². The van der Waals surface area contributed by atoms with Crippen LogP contribution in [0.25, 0.3) is 0 Å². The maximum Gasteiger partial charge on any atom is 0.345 e. The number of fused-ring (bicyclic) bond motifs is 1. The van der Waals surface area contributed by atoms with Crippen LogP contribution in [0.15, 0.2) is 58.5 Å². The largest absolute Gasteiger partial charge is 0.554 e. The van der Waals surface area contributed by atoms with E-state index in [0.29, 0.717) is 40.7 Å². The maximum atomic E-state index is 14.3. The summed E-state index contributed by atoms with van der Waals surface area (Å²) in [4.78, 5) is 36.3. The van der Waals surface area contributed by atoms with Gasteiger partial charge in [-0.2, -0.15) is 14.0 Å². The molecule has 4 rings (SSSR count). The number of anilines is 2. The highest BCUT2D eigenvalue weighted by molar-refractivity contribution is 5.93. The number of benzene rings is 2. The Balaban J connectivity index is 0.00000177. The number of rotatable bonds is 10. The van der Waals surface area contributed by atoms with Crippen LogP contribution in [-0.2, 0) is 26.7 Å². The van der Waals surface area contributed by atoms with Crippen molar-refractivity contribution in [2.45, 2.75) is 25.3 Å². The number of methoxy groups -OCH3 is 1. The maximum absolute atomic E-state index is 14.3. The first kappa shape index (κ1) is 34.5. The van der Waals surface area contributed by atoms with Crippen molar-refractivity contribution >= 4 is 24.1 Å². The molecule has 0 saturated carbocycles. The van der Waals surface area contributed by atoms with Gasteiger partial charge in [-0.1, -0.05) is 18.2 Å².